The third-order valence-corrected chi connectivity index (χ3v) is 3.73. The summed E-state index contributed by atoms with van der Waals surface area (Å²) in [6.07, 6.45) is 8.10. The summed E-state index contributed by atoms with van der Waals surface area (Å²) in [5, 5.41) is 17.7. The van der Waals surface area contributed by atoms with E-state index in [-0.39, 0.29) is 17.8 Å². The van der Waals surface area contributed by atoms with Gasteiger partial charge in [0, 0.05) is 6.42 Å². The predicted molar refractivity (Wildman–Crippen MR) is 79.8 cm³/mol. The van der Waals surface area contributed by atoms with Crippen molar-refractivity contribution in [1.29, 1.82) is 0 Å². The maximum atomic E-state index is 11.2. The Balaban J connectivity index is 3.56. The molecule has 0 spiro atoms. The summed E-state index contributed by atoms with van der Waals surface area (Å²) in [5.41, 5.74) is -0.178. The molecule has 0 aromatic carbocycles. The molecule has 0 amide bonds. The molecule has 118 valence electrons. The maximum Gasteiger partial charge on any atom is 0.307 e. The van der Waals surface area contributed by atoms with E-state index in [9.17, 15) is 14.7 Å². The van der Waals surface area contributed by atoms with Crippen LogP contribution in [-0.4, -0.2) is 22.2 Å². The molecule has 0 aromatic heterocycles. The van der Waals surface area contributed by atoms with Crippen molar-refractivity contribution in [2.45, 2.75) is 78.6 Å². The molecule has 1 atom stereocenters. The summed E-state index contributed by atoms with van der Waals surface area (Å²) in [6.45, 7) is 5.94. The van der Waals surface area contributed by atoms with Gasteiger partial charge in [0.05, 0.1) is 5.92 Å². The average Bonchev–Trinajstić information content (AvgIpc) is 2.28. The van der Waals surface area contributed by atoms with E-state index in [1.54, 1.807) is 0 Å². The number of carboxylic acid groups (broad SMARTS) is 2. The van der Waals surface area contributed by atoms with Gasteiger partial charge in [0.25, 0.3) is 0 Å². The minimum absolute atomic E-state index is 0.178. The number of hydrogen-bond donors (Lipinski definition) is 2. The Kier molecular flexibility index (Phi) is 9.26. The molecule has 4 heteroatoms. The fourth-order valence-corrected chi connectivity index (χ4v) is 2.44. The summed E-state index contributed by atoms with van der Waals surface area (Å²) in [7, 11) is 0. The number of carboxylic acids is 2. The van der Waals surface area contributed by atoms with Crippen molar-refractivity contribution >= 4 is 11.9 Å². The maximum absolute atomic E-state index is 11.2. The summed E-state index contributed by atoms with van der Waals surface area (Å²) in [4.78, 5) is 21.5. The Bertz CT molecular complexity index is 291. The van der Waals surface area contributed by atoms with Crippen molar-refractivity contribution in [3.8, 4) is 0 Å². The van der Waals surface area contributed by atoms with E-state index < -0.39 is 11.9 Å². The normalized spacial score (nSPS) is 13.2. The fourth-order valence-electron chi connectivity index (χ4n) is 2.44. The zero-order valence-electron chi connectivity index (χ0n) is 13.2. The Morgan fingerprint density at radius 3 is 1.70 bits per heavy atom. The lowest BCUT2D eigenvalue weighted by Crippen LogP contribution is -2.28. The van der Waals surface area contributed by atoms with Crippen molar-refractivity contribution in [2.75, 3.05) is 0 Å². The molecule has 0 aliphatic carbocycles. The van der Waals surface area contributed by atoms with Crippen molar-refractivity contribution in [3.63, 3.8) is 0 Å². The molecule has 0 aliphatic heterocycles. The standard InChI is InChI=1S/C16H30O4/c1-16(2,3)13(15(19)20)11-9-7-5-4-6-8-10-12-14(17)18/h13H,4-12H2,1-3H3,(H,17,18)(H,19,20). The van der Waals surface area contributed by atoms with Gasteiger partial charge in [0.1, 0.15) is 0 Å². The molecule has 0 heterocycles. The van der Waals surface area contributed by atoms with Gasteiger partial charge in [0.15, 0.2) is 0 Å². The quantitative estimate of drug-likeness (QED) is 0.554. The first-order valence-electron chi connectivity index (χ1n) is 7.69. The molecule has 0 fully saturated rings. The second-order valence-corrected chi connectivity index (χ2v) is 6.66. The first-order valence-corrected chi connectivity index (χ1v) is 7.69. The van der Waals surface area contributed by atoms with Crippen molar-refractivity contribution in [1.82, 2.24) is 0 Å². The van der Waals surface area contributed by atoms with Gasteiger partial charge in [-0.1, -0.05) is 59.3 Å². The molecule has 20 heavy (non-hydrogen) atoms. The lowest BCUT2D eigenvalue weighted by atomic mass is 9.78. The third-order valence-electron chi connectivity index (χ3n) is 3.73. The Morgan fingerprint density at radius 2 is 1.30 bits per heavy atom. The highest BCUT2D eigenvalue weighted by Crippen LogP contribution is 2.30. The van der Waals surface area contributed by atoms with Crippen LogP contribution in [0.2, 0.25) is 0 Å². The van der Waals surface area contributed by atoms with Crippen LogP contribution in [-0.2, 0) is 9.59 Å². The van der Waals surface area contributed by atoms with Gasteiger partial charge in [-0.15, -0.1) is 0 Å². The highest BCUT2D eigenvalue weighted by atomic mass is 16.4. The van der Waals surface area contributed by atoms with Crippen LogP contribution in [0.1, 0.15) is 78.6 Å². The van der Waals surface area contributed by atoms with Crippen LogP contribution in [0.25, 0.3) is 0 Å². The zero-order chi connectivity index (χ0) is 15.6. The van der Waals surface area contributed by atoms with E-state index in [2.05, 4.69) is 0 Å². The van der Waals surface area contributed by atoms with Crippen LogP contribution in [0.5, 0.6) is 0 Å². The lowest BCUT2D eigenvalue weighted by Gasteiger charge is -2.26. The lowest BCUT2D eigenvalue weighted by molar-refractivity contribution is -0.146. The molecule has 0 rings (SSSR count). The van der Waals surface area contributed by atoms with Gasteiger partial charge in [-0.25, -0.2) is 0 Å². The highest BCUT2D eigenvalue weighted by molar-refractivity contribution is 5.70. The number of rotatable bonds is 11. The van der Waals surface area contributed by atoms with E-state index in [4.69, 9.17) is 5.11 Å². The number of carbonyl (C=O) groups is 2. The van der Waals surface area contributed by atoms with Gasteiger partial charge in [-0.05, 0) is 18.3 Å². The monoisotopic (exact) mass is 286 g/mol. The minimum atomic E-state index is -0.716. The first-order chi connectivity index (χ1) is 9.25. The van der Waals surface area contributed by atoms with Gasteiger partial charge in [0.2, 0.25) is 0 Å². The van der Waals surface area contributed by atoms with Crippen molar-refractivity contribution in [3.05, 3.63) is 0 Å². The van der Waals surface area contributed by atoms with Gasteiger partial charge in [-0.2, -0.15) is 0 Å². The molecule has 0 radical (unpaired) electrons. The largest absolute Gasteiger partial charge is 0.481 e. The van der Waals surface area contributed by atoms with Crippen LogP contribution >= 0.6 is 0 Å². The van der Waals surface area contributed by atoms with E-state index in [0.29, 0.717) is 0 Å². The molecule has 1 unspecified atom stereocenters. The highest BCUT2D eigenvalue weighted by Gasteiger charge is 2.30. The van der Waals surface area contributed by atoms with Crippen molar-refractivity contribution < 1.29 is 19.8 Å². The predicted octanol–water partition coefficient (Wildman–Crippen LogP) is 4.33. The van der Waals surface area contributed by atoms with E-state index in [1.807, 2.05) is 20.8 Å². The third kappa shape index (κ3) is 9.82. The number of unbranched alkanes of at least 4 members (excludes halogenated alkanes) is 6. The smallest absolute Gasteiger partial charge is 0.307 e. The summed E-state index contributed by atoms with van der Waals surface area (Å²) in [5.74, 6) is -1.67. The van der Waals surface area contributed by atoms with Crippen LogP contribution in [0.15, 0.2) is 0 Å². The molecule has 0 bridgehead atoms. The Morgan fingerprint density at radius 1 is 0.850 bits per heavy atom. The van der Waals surface area contributed by atoms with Gasteiger partial charge >= 0.3 is 11.9 Å². The number of aliphatic carboxylic acids is 2. The molecule has 0 aromatic rings. The number of hydrogen-bond acceptors (Lipinski definition) is 2. The SMILES string of the molecule is CC(C)(C)C(CCCCCCCCCC(=O)O)C(=O)O. The Labute approximate surface area is 122 Å². The topological polar surface area (TPSA) is 74.6 Å². The molecule has 0 saturated heterocycles. The molecule has 0 saturated carbocycles. The first kappa shape index (κ1) is 18.9. The van der Waals surface area contributed by atoms with Crippen LogP contribution in [0, 0.1) is 11.3 Å². The van der Waals surface area contributed by atoms with Crippen molar-refractivity contribution in [2.24, 2.45) is 11.3 Å². The average molecular weight is 286 g/mol. The summed E-state index contributed by atoms with van der Waals surface area (Å²) in [6, 6.07) is 0. The van der Waals surface area contributed by atoms with Crippen LogP contribution in [0.3, 0.4) is 0 Å². The minimum Gasteiger partial charge on any atom is -0.481 e. The molecule has 2 N–H and O–H groups in total. The molecule has 0 aliphatic rings. The van der Waals surface area contributed by atoms with Gasteiger partial charge in [-0.3, -0.25) is 9.59 Å². The van der Waals surface area contributed by atoms with Crippen LogP contribution < -0.4 is 0 Å². The molecular weight excluding hydrogens is 256 g/mol. The second-order valence-electron chi connectivity index (χ2n) is 6.66. The summed E-state index contributed by atoms with van der Waals surface area (Å²) >= 11 is 0. The second kappa shape index (κ2) is 9.78. The van der Waals surface area contributed by atoms with E-state index in [1.165, 1.54) is 0 Å². The van der Waals surface area contributed by atoms with Gasteiger partial charge < -0.3 is 10.2 Å². The fraction of sp³-hybridized carbons (Fsp3) is 0.875. The molecule has 4 nitrogen and oxygen atoms in total. The molecular formula is C16H30O4. The Hall–Kier alpha value is -1.06. The van der Waals surface area contributed by atoms with E-state index >= 15 is 0 Å². The van der Waals surface area contributed by atoms with E-state index in [0.717, 1.165) is 51.4 Å². The van der Waals surface area contributed by atoms with Crippen LogP contribution in [0.4, 0.5) is 0 Å². The zero-order valence-corrected chi connectivity index (χ0v) is 13.2. The summed E-state index contributed by atoms with van der Waals surface area (Å²) < 4.78 is 0.